The van der Waals surface area contributed by atoms with Crippen molar-refractivity contribution in [3.8, 4) is 5.69 Å². The van der Waals surface area contributed by atoms with Gasteiger partial charge in [0.1, 0.15) is 0 Å². The molecule has 0 aliphatic carbocycles. The van der Waals surface area contributed by atoms with E-state index in [0.717, 1.165) is 37.3 Å². The molecule has 3 rings (SSSR count). The van der Waals surface area contributed by atoms with Crippen molar-refractivity contribution in [2.24, 2.45) is 0 Å². The van der Waals surface area contributed by atoms with Crippen LogP contribution in [0.3, 0.4) is 0 Å². The van der Waals surface area contributed by atoms with Gasteiger partial charge in [0, 0.05) is 26.4 Å². The third kappa shape index (κ3) is 4.39. The molecule has 2 aromatic rings. The summed E-state index contributed by atoms with van der Waals surface area (Å²) in [5.41, 5.74) is 3.32. The van der Waals surface area contributed by atoms with Crippen molar-refractivity contribution < 1.29 is 9.53 Å². The van der Waals surface area contributed by atoms with E-state index in [2.05, 4.69) is 16.6 Å². The Morgan fingerprint density at radius 2 is 2.20 bits per heavy atom. The molecule has 1 fully saturated rings. The zero-order valence-corrected chi connectivity index (χ0v) is 14.9. The minimum atomic E-state index is -0.0211. The number of hydrogen-bond acceptors (Lipinski definition) is 3. The summed E-state index contributed by atoms with van der Waals surface area (Å²) >= 11 is 0. The first-order valence-electron chi connectivity index (χ1n) is 8.84. The quantitative estimate of drug-likeness (QED) is 0.821. The van der Waals surface area contributed by atoms with Gasteiger partial charge in [-0.1, -0.05) is 18.2 Å². The van der Waals surface area contributed by atoms with E-state index >= 15 is 0 Å². The monoisotopic (exact) mass is 342 g/mol. The van der Waals surface area contributed by atoms with Crippen molar-refractivity contribution >= 4 is 6.03 Å². The third-order valence-electron chi connectivity index (χ3n) is 4.69. The van der Waals surface area contributed by atoms with E-state index in [0.29, 0.717) is 13.2 Å². The zero-order valence-electron chi connectivity index (χ0n) is 14.9. The van der Waals surface area contributed by atoms with Gasteiger partial charge in [-0.15, -0.1) is 0 Å². The average molecular weight is 342 g/mol. The van der Waals surface area contributed by atoms with E-state index in [4.69, 9.17) is 4.74 Å². The normalized spacial score (nSPS) is 16.8. The van der Waals surface area contributed by atoms with Gasteiger partial charge in [0.05, 0.1) is 24.0 Å². The fraction of sp³-hybridized carbons (Fsp3) is 0.474. The Hall–Kier alpha value is -2.34. The lowest BCUT2D eigenvalue weighted by Crippen LogP contribution is -2.44. The molecule has 0 spiro atoms. The lowest BCUT2D eigenvalue weighted by atomic mass is 10.1. The highest BCUT2D eigenvalue weighted by Crippen LogP contribution is 2.13. The Bertz CT molecular complexity index is 693. The first-order valence-corrected chi connectivity index (χ1v) is 8.84. The molecule has 1 N–H and O–H groups in total. The summed E-state index contributed by atoms with van der Waals surface area (Å²) in [4.78, 5) is 13.9. The van der Waals surface area contributed by atoms with Crippen molar-refractivity contribution in [3.05, 3.63) is 47.8 Å². The maximum absolute atomic E-state index is 12.1. The van der Waals surface area contributed by atoms with Crippen LogP contribution in [0.2, 0.25) is 0 Å². The molecule has 0 saturated carbocycles. The lowest BCUT2D eigenvalue weighted by Gasteiger charge is -2.23. The first-order chi connectivity index (χ1) is 12.1. The smallest absolute Gasteiger partial charge is 0.317 e. The number of nitrogens with zero attached hydrogens (tertiary/aromatic N) is 3. The topological polar surface area (TPSA) is 59.4 Å². The second-order valence-electron chi connectivity index (χ2n) is 6.48. The Kier molecular flexibility index (Phi) is 5.71. The standard InChI is InChI=1S/C19H26N4O2/c1-15-16(13-23(21-15)17-8-4-3-5-9-17)7-6-11-20-19(24)22(2)18-10-12-25-14-18/h3-5,8-9,13,18H,6-7,10-12,14H2,1-2H3,(H,20,24). The average Bonchev–Trinajstić information content (AvgIpc) is 3.29. The number of hydrogen-bond donors (Lipinski definition) is 1. The number of benzene rings is 1. The predicted molar refractivity (Wildman–Crippen MR) is 97.0 cm³/mol. The number of carbonyl (C=O) groups is 1. The predicted octanol–water partition coefficient (Wildman–Crippen LogP) is 2.54. The maximum atomic E-state index is 12.1. The molecule has 1 aliphatic heterocycles. The number of urea groups is 1. The highest BCUT2D eigenvalue weighted by Gasteiger charge is 2.23. The van der Waals surface area contributed by atoms with E-state index in [1.165, 1.54) is 5.56 Å². The number of aromatic nitrogens is 2. The number of para-hydroxylation sites is 1. The van der Waals surface area contributed by atoms with Crippen molar-refractivity contribution in [2.45, 2.75) is 32.2 Å². The van der Waals surface area contributed by atoms with Crippen LogP contribution < -0.4 is 5.32 Å². The minimum Gasteiger partial charge on any atom is -0.379 e. The van der Waals surface area contributed by atoms with Crippen LogP contribution in [0, 0.1) is 6.92 Å². The summed E-state index contributed by atoms with van der Waals surface area (Å²) in [6.07, 6.45) is 4.79. The summed E-state index contributed by atoms with van der Waals surface area (Å²) in [7, 11) is 1.84. The largest absolute Gasteiger partial charge is 0.379 e. The van der Waals surface area contributed by atoms with Gasteiger partial charge in [0.25, 0.3) is 0 Å². The third-order valence-corrected chi connectivity index (χ3v) is 4.69. The Labute approximate surface area is 148 Å². The second kappa shape index (κ2) is 8.16. The molecule has 1 atom stereocenters. The number of amides is 2. The van der Waals surface area contributed by atoms with Crippen molar-refractivity contribution in [3.63, 3.8) is 0 Å². The molecular weight excluding hydrogens is 316 g/mol. The van der Waals surface area contributed by atoms with E-state index in [-0.39, 0.29) is 12.1 Å². The number of nitrogens with one attached hydrogen (secondary N) is 1. The summed E-state index contributed by atoms with van der Waals surface area (Å²) < 4.78 is 7.25. The fourth-order valence-corrected chi connectivity index (χ4v) is 3.05. The highest BCUT2D eigenvalue weighted by atomic mass is 16.5. The summed E-state index contributed by atoms with van der Waals surface area (Å²) in [6, 6.07) is 10.3. The molecule has 1 saturated heterocycles. The Morgan fingerprint density at radius 3 is 2.92 bits per heavy atom. The van der Waals surface area contributed by atoms with Crippen molar-refractivity contribution in [1.29, 1.82) is 0 Å². The number of rotatable bonds is 6. The lowest BCUT2D eigenvalue weighted by molar-refractivity contribution is 0.158. The van der Waals surface area contributed by atoms with Crippen LogP contribution in [0.5, 0.6) is 0 Å². The molecule has 2 amide bonds. The van der Waals surface area contributed by atoms with Gasteiger partial charge in [-0.3, -0.25) is 0 Å². The van der Waals surface area contributed by atoms with Crippen LogP contribution in [0.25, 0.3) is 5.69 Å². The van der Waals surface area contributed by atoms with Gasteiger partial charge in [0.2, 0.25) is 0 Å². The van der Waals surface area contributed by atoms with Gasteiger partial charge in [-0.2, -0.15) is 5.10 Å². The Balaban J connectivity index is 1.46. The molecule has 25 heavy (non-hydrogen) atoms. The molecule has 1 aromatic carbocycles. The molecule has 6 nitrogen and oxygen atoms in total. The number of aryl methyl sites for hydroxylation is 2. The van der Waals surface area contributed by atoms with Gasteiger partial charge in [0.15, 0.2) is 0 Å². The van der Waals surface area contributed by atoms with Gasteiger partial charge in [-0.05, 0) is 43.9 Å². The maximum Gasteiger partial charge on any atom is 0.317 e. The number of ether oxygens (including phenoxy) is 1. The van der Waals surface area contributed by atoms with Crippen LogP contribution >= 0.6 is 0 Å². The molecule has 1 unspecified atom stereocenters. The molecule has 6 heteroatoms. The second-order valence-corrected chi connectivity index (χ2v) is 6.48. The summed E-state index contributed by atoms with van der Waals surface area (Å²) in [6.45, 7) is 4.07. The molecule has 0 radical (unpaired) electrons. The fourth-order valence-electron chi connectivity index (χ4n) is 3.05. The van der Waals surface area contributed by atoms with E-state index in [1.807, 2.05) is 49.0 Å². The molecule has 0 bridgehead atoms. The molecule has 1 aliphatic rings. The minimum absolute atomic E-state index is 0.0211. The summed E-state index contributed by atoms with van der Waals surface area (Å²) in [5, 5.41) is 7.57. The Morgan fingerprint density at radius 1 is 1.40 bits per heavy atom. The number of carbonyl (C=O) groups excluding carboxylic acids is 1. The molecular formula is C19H26N4O2. The van der Waals surface area contributed by atoms with Crippen molar-refractivity contribution in [2.75, 3.05) is 26.8 Å². The molecule has 2 heterocycles. The van der Waals surface area contributed by atoms with Gasteiger partial charge < -0.3 is 15.0 Å². The van der Waals surface area contributed by atoms with E-state index in [9.17, 15) is 4.79 Å². The molecule has 1 aromatic heterocycles. The highest BCUT2D eigenvalue weighted by molar-refractivity contribution is 5.74. The zero-order chi connectivity index (χ0) is 17.6. The number of likely N-dealkylation sites (N-methyl/N-ethyl adjacent to an activating group) is 1. The molecule has 134 valence electrons. The van der Waals surface area contributed by atoms with Crippen LogP contribution in [0.4, 0.5) is 4.79 Å². The van der Waals surface area contributed by atoms with Crippen LogP contribution in [0.1, 0.15) is 24.1 Å². The van der Waals surface area contributed by atoms with Gasteiger partial charge >= 0.3 is 6.03 Å². The van der Waals surface area contributed by atoms with E-state index in [1.54, 1.807) is 4.90 Å². The van der Waals surface area contributed by atoms with E-state index < -0.39 is 0 Å². The van der Waals surface area contributed by atoms with Crippen LogP contribution in [0.15, 0.2) is 36.5 Å². The summed E-state index contributed by atoms with van der Waals surface area (Å²) in [5.74, 6) is 0. The van der Waals surface area contributed by atoms with Gasteiger partial charge in [-0.25, -0.2) is 9.48 Å². The van der Waals surface area contributed by atoms with Crippen LogP contribution in [-0.2, 0) is 11.2 Å². The van der Waals surface area contributed by atoms with Crippen molar-refractivity contribution in [1.82, 2.24) is 20.0 Å². The first kappa shape index (κ1) is 17.5. The van der Waals surface area contributed by atoms with Crippen LogP contribution in [-0.4, -0.2) is 53.6 Å². The SMILES string of the molecule is Cc1nn(-c2ccccc2)cc1CCCNC(=O)N(C)C1CCOC1.